The zero-order valence-electron chi connectivity index (χ0n) is 23.5. The van der Waals surface area contributed by atoms with Gasteiger partial charge in [-0.2, -0.15) is 0 Å². The van der Waals surface area contributed by atoms with Crippen LogP contribution in [0.15, 0.2) is 144 Å². The van der Waals surface area contributed by atoms with Crippen LogP contribution in [-0.2, 0) is 0 Å². The quantitative estimate of drug-likeness (QED) is 0.201. The minimum Gasteiger partial charge on any atom is -0.456 e. The molecule has 7 aromatic carbocycles. The minimum atomic E-state index is 0.894. The first-order valence-electron chi connectivity index (χ1n) is 14.8. The van der Waals surface area contributed by atoms with E-state index < -0.39 is 0 Å². The summed E-state index contributed by atoms with van der Waals surface area (Å²) in [7, 11) is 0. The second kappa shape index (κ2) is 9.17. The number of benzene rings is 7. The molecule has 0 N–H and O–H groups in total. The normalized spacial score (nSPS) is 12.1. The van der Waals surface area contributed by atoms with Crippen molar-refractivity contribution in [3.05, 3.63) is 140 Å². The molecule has 0 fully saturated rings. The van der Waals surface area contributed by atoms with Gasteiger partial charge in [-0.05, 0) is 65.4 Å². The van der Waals surface area contributed by atoms with E-state index in [-0.39, 0.29) is 0 Å². The van der Waals surface area contributed by atoms with E-state index in [1.807, 2.05) is 34.8 Å². The van der Waals surface area contributed by atoms with Crippen LogP contribution in [0, 0.1) is 0 Å². The van der Waals surface area contributed by atoms with Crippen LogP contribution < -0.4 is 4.90 Å². The number of hydrogen-bond acceptors (Lipinski definition) is 4. The standard InChI is InChI=1S/C40H23NOS2/c1-2-9-27-24(8-1)16-20-38-39(27)31-12-7-13-33(40(31)44-38)41(25-18-21-37-32(22-25)30-11-4-6-15-36(30)43-37)26-17-19-29-28-10-3-5-14-34(28)42-35(29)23-26/h1-23H. The van der Waals surface area contributed by atoms with Crippen molar-refractivity contribution in [2.45, 2.75) is 0 Å². The van der Waals surface area contributed by atoms with Crippen LogP contribution in [0.2, 0.25) is 0 Å². The molecule has 3 aromatic heterocycles. The molecule has 0 aliphatic rings. The number of furan rings is 1. The van der Waals surface area contributed by atoms with Gasteiger partial charge in [-0.1, -0.05) is 78.9 Å². The summed E-state index contributed by atoms with van der Waals surface area (Å²) in [6.45, 7) is 0. The summed E-state index contributed by atoms with van der Waals surface area (Å²) in [5.74, 6) is 0. The highest BCUT2D eigenvalue weighted by Gasteiger charge is 2.21. The Hall–Kier alpha value is -5.16. The van der Waals surface area contributed by atoms with E-state index in [2.05, 4.69) is 132 Å². The fourth-order valence-electron chi connectivity index (χ4n) is 6.86. The Kier molecular flexibility index (Phi) is 5.06. The number of para-hydroxylation sites is 1. The molecule has 44 heavy (non-hydrogen) atoms. The van der Waals surface area contributed by atoms with Crippen LogP contribution in [0.3, 0.4) is 0 Å². The van der Waals surface area contributed by atoms with Crippen LogP contribution in [0.1, 0.15) is 0 Å². The summed E-state index contributed by atoms with van der Waals surface area (Å²) in [5, 5.41) is 10.1. The summed E-state index contributed by atoms with van der Waals surface area (Å²) < 4.78 is 11.6. The Labute approximate surface area is 260 Å². The molecule has 0 bridgehead atoms. The van der Waals surface area contributed by atoms with Gasteiger partial charge >= 0.3 is 0 Å². The van der Waals surface area contributed by atoms with Crippen molar-refractivity contribution in [3.8, 4) is 0 Å². The number of anilines is 3. The van der Waals surface area contributed by atoms with Gasteiger partial charge in [0.2, 0.25) is 0 Å². The van der Waals surface area contributed by atoms with Gasteiger partial charge in [-0.15, -0.1) is 22.7 Å². The summed E-state index contributed by atoms with van der Waals surface area (Å²) in [6.07, 6.45) is 0. The lowest BCUT2D eigenvalue weighted by atomic mass is 10.0. The largest absolute Gasteiger partial charge is 0.456 e. The van der Waals surface area contributed by atoms with Gasteiger partial charge in [-0.25, -0.2) is 0 Å². The van der Waals surface area contributed by atoms with Crippen LogP contribution >= 0.6 is 22.7 Å². The second-order valence-corrected chi connectivity index (χ2v) is 13.4. The maximum absolute atomic E-state index is 6.39. The zero-order valence-corrected chi connectivity index (χ0v) is 25.1. The van der Waals surface area contributed by atoms with Gasteiger partial charge in [0, 0.05) is 63.9 Å². The molecule has 4 heteroatoms. The van der Waals surface area contributed by atoms with Crippen LogP contribution in [-0.4, -0.2) is 0 Å². The molecule has 0 saturated heterocycles. The zero-order chi connectivity index (χ0) is 28.8. The molecule has 0 spiro atoms. The molecule has 2 nitrogen and oxygen atoms in total. The topological polar surface area (TPSA) is 16.4 Å². The highest BCUT2D eigenvalue weighted by Crippen LogP contribution is 2.48. The molecule has 10 rings (SSSR count). The first-order chi connectivity index (χ1) is 21.8. The molecule has 0 amide bonds. The fourth-order valence-corrected chi connectivity index (χ4v) is 9.17. The van der Waals surface area contributed by atoms with Gasteiger partial charge < -0.3 is 9.32 Å². The highest BCUT2D eigenvalue weighted by molar-refractivity contribution is 7.26. The Morgan fingerprint density at radius 2 is 1.14 bits per heavy atom. The van der Waals surface area contributed by atoms with Crippen molar-refractivity contribution in [2.75, 3.05) is 4.90 Å². The van der Waals surface area contributed by atoms with Gasteiger partial charge in [-0.3, -0.25) is 0 Å². The maximum Gasteiger partial charge on any atom is 0.137 e. The molecule has 3 heterocycles. The average molecular weight is 598 g/mol. The SMILES string of the molecule is c1ccc2c(c1)ccc1sc3c(N(c4ccc5c(c4)oc4ccccc45)c4ccc5sc6ccccc6c5c4)cccc3c12. The lowest BCUT2D eigenvalue weighted by Crippen LogP contribution is -2.09. The van der Waals surface area contributed by atoms with Crippen molar-refractivity contribution >= 4 is 113 Å². The monoisotopic (exact) mass is 597 g/mol. The Morgan fingerprint density at radius 3 is 2.09 bits per heavy atom. The van der Waals surface area contributed by atoms with E-state index >= 15 is 0 Å². The summed E-state index contributed by atoms with van der Waals surface area (Å²) in [5.41, 5.74) is 5.18. The summed E-state index contributed by atoms with van der Waals surface area (Å²) >= 11 is 3.73. The molecule has 0 aliphatic carbocycles. The molecule has 206 valence electrons. The van der Waals surface area contributed by atoms with Gasteiger partial charge in [0.15, 0.2) is 0 Å². The lowest BCUT2D eigenvalue weighted by molar-refractivity contribution is 0.669. The number of nitrogens with zero attached hydrogens (tertiary/aromatic N) is 1. The molecule has 0 radical (unpaired) electrons. The first-order valence-corrected chi connectivity index (χ1v) is 16.4. The van der Waals surface area contributed by atoms with E-state index in [9.17, 15) is 0 Å². The van der Waals surface area contributed by atoms with E-state index in [1.165, 1.54) is 56.8 Å². The van der Waals surface area contributed by atoms with Crippen molar-refractivity contribution in [3.63, 3.8) is 0 Å². The highest BCUT2D eigenvalue weighted by atomic mass is 32.1. The second-order valence-electron chi connectivity index (χ2n) is 11.3. The van der Waals surface area contributed by atoms with E-state index in [4.69, 9.17) is 4.42 Å². The van der Waals surface area contributed by atoms with E-state index in [1.54, 1.807) is 0 Å². The van der Waals surface area contributed by atoms with Crippen molar-refractivity contribution in [2.24, 2.45) is 0 Å². The van der Waals surface area contributed by atoms with Crippen LogP contribution in [0.25, 0.3) is 73.1 Å². The maximum atomic E-state index is 6.39. The number of thiophene rings is 2. The van der Waals surface area contributed by atoms with Crippen molar-refractivity contribution in [1.82, 2.24) is 0 Å². The summed E-state index contributed by atoms with van der Waals surface area (Å²) in [4.78, 5) is 2.42. The predicted molar refractivity (Wildman–Crippen MR) is 192 cm³/mol. The number of fused-ring (bicyclic) bond motifs is 11. The fraction of sp³-hybridized carbons (Fsp3) is 0. The molecular weight excluding hydrogens is 575 g/mol. The minimum absolute atomic E-state index is 0.894. The molecular formula is C40H23NOS2. The van der Waals surface area contributed by atoms with Gasteiger partial charge in [0.05, 0.1) is 10.4 Å². The number of rotatable bonds is 3. The molecule has 0 saturated carbocycles. The predicted octanol–water partition coefficient (Wildman–Crippen LogP) is 12.9. The molecule has 0 unspecified atom stereocenters. The third-order valence-electron chi connectivity index (χ3n) is 8.85. The average Bonchev–Trinajstić information content (AvgIpc) is 3.76. The van der Waals surface area contributed by atoms with Crippen LogP contribution in [0.4, 0.5) is 17.1 Å². The first kappa shape index (κ1) is 24.3. The molecule has 10 aromatic rings. The third-order valence-corrected chi connectivity index (χ3v) is 11.2. The molecule has 0 atom stereocenters. The van der Waals surface area contributed by atoms with Gasteiger partial charge in [0.25, 0.3) is 0 Å². The van der Waals surface area contributed by atoms with E-state index in [0.29, 0.717) is 0 Å². The van der Waals surface area contributed by atoms with Crippen molar-refractivity contribution < 1.29 is 4.42 Å². The Balaban J connectivity index is 1.28. The third kappa shape index (κ3) is 3.47. The molecule has 0 aliphatic heterocycles. The van der Waals surface area contributed by atoms with Crippen molar-refractivity contribution in [1.29, 1.82) is 0 Å². The number of hydrogen-bond donors (Lipinski definition) is 0. The van der Waals surface area contributed by atoms with E-state index in [0.717, 1.165) is 33.3 Å². The summed E-state index contributed by atoms with van der Waals surface area (Å²) in [6, 6.07) is 50.5. The Bertz CT molecular complexity index is 2750. The van der Waals surface area contributed by atoms with Gasteiger partial charge in [0.1, 0.15) is 11.2 Å². The smallest absolute Gasteiger partial charge is 0.137 e. The Morgan fingerprint density at radius 1 is 0.432 bits per heavy atom. The lowest BCUT2D eigenvalue weighted by Gasteiger charge is -2.26. The van der Waals surface area contributed by atoms with Crippen LogP contribution in [0.5, 0.6) is 0 Å².